The highest BCUT2D eigenvalue weighted by Gasteiger charge is 2.20. The molecule has 0 radical (unpaired) electrons. The summed E-state index contributed by atoms with van der Waals surface area (Å²) in [6.07, 6.45) is 0. The van der Waals surface area contributed by atoms with Crippen molar-refractivity contribution in [2.75, 3.05) is 4.90 Å². The fourth-order valence-electron chi connectivity index (χ4n) is 8.43. The molecule has 0 spiro atoms. The van der Waals surface area contributed by atoms with Crippen molar-refractivity contribution in [1.29, 1.82) is 0 Å². The number of aromatic nitrogens is 1. The van der Waals surface area contributed by atoms with E-state index in [0.717, 1.165) is 55.8 Å². The van der Waals surface area contributed by atoms with Crippen molar-refractivity contribution in [2.24, 2.45) is 0 Å². The summed E-state index contributed by atoms with van der Waals surface area (Å²) in [4.78, 5) is 2.38. The fraction of sp³-hybridized carbons (Fsp3) is 0. The zero-order valence-electron chi connectivity index (χ0n) is 29.9. The van der Waals surface area contributed by atoms with Crippen molar-refractivity contribution in [3.05, 3.63) is 206 Å². The van der Waals surface area contributed by atoms with E-state index < -0.39 is 0 Å². The summed E-state index contributed by atoms with van der Waals surface area (Å²) >= 11 is 0. The van der Waals surface area contributed by atoms with E-state index in [1.54, 1.807) is 0 Å². The Balaban J connectivity index is 1.11. The zero-order chi connectivity index (χ0) is 36.3. The van der Waals surface area contributed by atoms with Gasteiger partial charge in [-0.1, -0.05) is 146 Å². The van der Waals surface area contributed by atoms with E-state index in [0.29, 0.717) is 0 Å². The van der Waals surface area contributed by atoms with Crippen molar-refractivity contribution < 1.29 is 4.42 Å². The molecule has 55 heavy (non-hydrogen) atoms. The number of nitrogens with zero attached hydrogens (tertiary/aromatic N) is 2. The highest BCUT2D eigenvalue weighted by atomic mass is 16.3. The van der Waals surface area contributed by atoms with E-state index in [1.807, 2.05) is 6.07 Å². The van der Waals surface area contributed by atoms with Crippen LogP contribution < -0.4 is 4.90 Å². The topological polar surface area (TPSA) is 21.3 Å². The summed E-state index contributed by atoms with van der Waals surface area (Å²) < 4.78 is 9.08. The van der Waals surface area contributed by atoms with Crippen molar-refractivity contribution in [3.63, 3.8) is 0 Å². The number of anilines is 3. The highest BCUT2D eigenvalue weighted by molar-refractivity contribution is 6.13. The van der Waals surface area contributed by atoms with Gasteiger partial charge in [-0.15, -0.1) is 0 Å². The number of benzene rings is 9. The largest absolute Gasteiger partial charge is 0.455 e. The number of para-hydroxylation sites is 3. The summed E-state index contributed by atoms with van der Waals surface area (Å²) in [6.45, 7) is 0. The number of fused-ring (bicyclic) bond motifs is 7. The van der Waals surface area contributed by atoms with Gasteiger partial charge in [-0.05, 0) is 82.7 Å². The molecule has 2 heterocycles. The number of furan rings is 1. The smallest absolute Gasteiger partial charge is 0.143 e. The third-order valence-electron chi connectivity index (χ3n) is 11.0. The lowest BCUT2D eigenvalue weighted by Crippen LogP contribution is -2.10. The summed E-state index contributed by atoms with van der Waals surface area (Å²) in [5.41, 5.74) is 13.0. The van der Waals surface area contributed by atoms with E-state index in [-0.39, 0.29) is 0 Å². The van der Waals surface area contributed by atoms with E-state index >= 15 is 0 Å². The molecule has 0 bridgehead atoms. The molecule has 0 atom stereocenters. The molecule has 2 aromatic heterocycles. The third kappa shape index (κ3) is 5.13. The minimum atomic E-state index is 0.884. The maximum Gasteiger partial charge on any atom is 0.143 e. The molecule has 0 unspecified atom stereocenters. The maximum absolute atomic E-state index is 6.69. The van der Waals surface area contributed by atoms with Crippen LogP contribution in [0.15, 0.2) is 211 Å². The first kappa shape index (κ1) is 31.2. The molecule has 0 amide bonds. The Kier molecular flexibility index (Phi) is 7.17. The molecule has 0 saturated heterocycles. The first-order valence-corrected chi connectivity index (χ1v) is 18.8. The van der Waals surface area contributed by atoms with Crippen LogP contribution >= 0.6 is 0 Å². The molecule has 3 nitrogen and oxygen atoms in total. The summed E-state index contributed by atoms with van der Waals surface area (Å²) in [5, 5.41) is 7.09. The molecule has 0 saturated carbocycles. The molecule has 11 rings (SSSR count). The van der Waals surface area contributed by atoms with Crippen LogP contribution in [0, 0.1) is 0 Å². The summed E-state index contributed by atoms with van der Waals surface area (Å²) in [5.74, 6) is 0. The van der Waals surface area contributed by atoms with Gasteiger partial charge in [-0.25, -0.2) is 0 Å². The Labute approximate surface area is 318 Å². The Morgan fingerprint density at radius 2 is 1.00 bits per heavy atom. The summed E-state index contributed by atoms with van der Waals surface area (Å²) in [7, 11) is 0. The zero-order valence-corrected chi connectivity index (χ0v) is 29.9. The van der Waals surface area contributed by atoms with Gasteiger partial charge >= 0.3 is 0 Å². The summed E-state index contributed by atoms with van der Waals surface area (Å²) in [6, 6.07) is 73.9. The first-order valence-electron chi connectivity index (χ1n) is 18.8. The van der Waals surface area contributed by atoms with Crippen LogP contribution in [-0.4, -0.2) is 4.57 Å². The van der Waals surface area contributed by atoms with E-state index in [9.17, 15) is 0 Å². The SMILES string of the molecule is c1ccc(-c2cccc(N(c3ccc(-c4cc(-n5c6ccccc6c6ccccc65)cc5c4oc4ccccc45)cc3)c3cccc4ccccc34)c2)cc1. The Hall–Kier alpha value is -7.36. The van der Waals surface area contributed by atoms with Crippen molar-refractivity contribution in [3.8, 4) is 27.9 Å². The molecule has 0 aliphatic heterocycles. The lowest BCUT2D eigenvalue weighted by atomic mass is 9.99. The van der Waals surface area contributed by atoms with Crippen LogP contribution in [0.5, 0.6) is 0 Å². The second kappa shape index (κ2) is 12.6. The van der Waals surface area contributed by atoms with Gasteiger partial charge in [0.15, 0.2) is 0 Å². The van der Waals surface area contributed by atoms with Gasteiger partial charge in [-0.2, -0.15) is 0 Å². The van der Waals surface area contributed by atoms with Gasteiger partial charge in [0.25, 0.3) is 0 Å². The molecule has 0 N–H and O–H groups in total. The van der Waals surface area contributed by atoms with Gasteiger partial charge in [-0.3, -0.25) is 0 Å². The van der Waals surface area contributed by atoms with Crippen LogP contribution in [0.1, 0.15) is 0 Å². The van der Waals surface area contributed by atoms with Crippen LogP contribution in [-0.2, 0) is 0 Å². The standard InChI is InChI=1S/C52H34N2O/c1-2-14-35(15-3-1)38-18-12-19-40(32-38)53(48-26-13-17-36-16-4-5-20-42(36)48)39-30-28-37(29-31-39)46-33-41(34-47-45-23-8-11-27-51(45)55-52(46)47)54-49-24-9-6-21-43(49)44-22-7-10-25-50(44)54/h1-34H. The Morgan fingerprint density at radius 3 is 1.78 bits per heavy atom. The van der Waals surface area contributed by atoms with E-state index in [4.69, 9.17) is 4.42 Å². The Morgan fingerprint density at radius 1 is 0.382 bits per heavy atom. The highest BCUT2D eigenvalue weighted by Crippen LogP contribution is 2.43. The predicted octanol–water partition coefficient (Wildman–Crippen LogP) is 14.6. The molecule has 3 heteroatoms. The minimum absolute atomic E-state index is 0.884. The molecular weight excluding hydrogens is 669 g/mol. The predicted molar refractivity (Wildman–Crippen MR) is 231 cm³/mol. The molecule has 0 aliphatic carbocycles. The van der Waals surface area contributed by atoms with Crippen molar-refractivity contribution in [2.45, 2.75) is 0 Å². The second-order valence-corrected chi connectivity index (χ2v) is 14.1. The molecular formula is C52H34N2O. The van der Waals surface area contributed by atoms with Gasteiger partial charge in [0.2, 0.25) is 0 Å². The lowest BCUT2D eigenvalue weighted by Gasteiger charge is -2.27. The Bertz CT molecular complexity index is 3150. The van der Waals surface area contributed by atoms with E-state index in [2.05, 4.69) is 210 Å². The lowest BCUT2D eigenvalue weighted by molar-refractivity contribution is 0.670. The average molecular weight is 703 g/mol. The maximum atomic E-state index is 6.69. The fourth-order valence-corrected chi connectivity index (χ4v) is 8.43. The van der Waals surface area contributed by atoms with Crippen LogP contribution in [0.25, 0.3) is 82.5 Å². The molecule has 11 aromatic rings. The quantitative estimate of drug-likeness (QED) is 0.172. The van der Waals surface area contributed by atoms with Crippen LogP contribution in [0.2, 0.25) is 0 Å². The average Bonchev–Trinajstić information content (AvgIpc) is 3.80. The number of hydrogen-bond acceptors (Lipinski definition) is 2. The monoisotopic (exact) mass is 702 g/mol. The second-order valence-electron chi connectivity index (χ2n) is 14.1. The first-order chi connectivity index (χ1) is 27.3. The minimum Gasteiger partial charge on any atom is -0.455 e. The molecule has 0 fully saturated rings. The molecule has 0 aliphatic rings. The van der Waals surface area contributed by atoms with Gasteiger partial charge in [0.1, 0.15) is 11.2 Å². The normalized spacial score (nSPS) is 11.6. The molecule has 258 valence electrons. The van der Waals surface area contributed by atoms with Crippen LogP contribution in [0.3, 0.4) is 0 Å². The molecule has 9 aromatic carbocycles. The van der Waals surface area contributed by atoms with Gasteiger partial charge in [0, 0.05) is 49.6 Å². The van der Waals surface area contributed by atoms with Crippen molar-refractivity contribution in [1.82, 2.24) is 4.57 Å². The number of rotatable bonds is 6. The number of hydrogen-bond donors (Lipinski definition) is 0. The van der Waals surface area contributed by atoms with Gasteiger partial charge in [0.05, 0.1) is 16.7 Å². The van der Waals surface area contributed by atoms with Crippen LogP contribution in [0.4, 0.5) is 17.1 Å². The third-order valence-corrected chi connectivity index (χ3v) is 11.0. The van der Waals surface area contributed by atoms with Gasteiger partial charge < -0.3 is 13.9 Å². The van der Waals surface area contributed by atoms with Crippen molar-refractivity contribution >= 4 is 71.6 Å². The van der Waals surface area contributed by atoms with E-state index in [1.165, 1.54) is 43.7 Å².